The SMILES string of the molecule is NC(N)=NCCC[C@@H](CC(=O)N(Cc1ccccc1)NC(=O)[C@H]1CCCN1C(=O)[C@H](CO)NC(=O)C(Cc1ccccc1)NC(=O)CNC(=O)[C@H]1CCCN1C(=O)[C@H]1CCCN1C(=O)[C@H](N)CCCN=C(N)N)C(=O)O. The number of aliphatic carboxylic acids is 1. The van der Waals surface area contributed by atoms with Crippen molar-refractivity contribution < 1.29 is 53.4 Å². The van der Waals surface area contributed by atoms with Crippen molar-refractivity contribution in [2.24, 2.45) is 44.6 Å². The average molecular weight is 1060 g/mol. The number of carboxylic acids is 1. The summed E-state index contributed by atoms with van der Waals surface area (Å²) in [5.74, 6) is -7.92. The zero-order valence-corrected chi connectivity index (χ0v) is 42.6. The zero-order chi connectivity index (χ0) is 55.3. The van der Waals surface area contributed by atoms with E-state index in [1.807, 2.05) is 0 Å². The van der Waals surface area contributed by atoms with Crippen molar-refractivity contribution in [3.63, 3.8) is 0 Å². The van der Waals surface area contributed by atoms with Crippen molar-refractivity contribution in [2.75, 3.05) is 45.9 Å². The molecular formula is C50H73N15O11. The van der Waals surface area contributed by atoms with Gasteiger partial charge in [-0.1, -0.05) is 60.7 Å². The second-order valence-corrected chi connectivity index (χ2v) is 19.0. The van der Waals surface area contributed by atoms with Gasteiger partial charge < -0.3 is 69.5 Å². The van der Waals surface area contributed by atoms with Crippen LogP contribution in [0.15, 0.2) is 70.6 Å². The van der Waals surface area contributed by atoms with Gasteiger partial charge in [-0.2, -0.15) is 0 Å². The van der Waals surface area contributed by atoms with Gasteiger partial charge in [-0.25, -0.2) is 5.01 Å². The van der Waals surface area contributed by atoms with Gasteiger partial charge in [0.2, 0.25) is 41.4 Å². The van der Waals surface area contributed by atoms with E-state index in [2.05, 4.69) is 31.4 Å². The number of carboxylic acid groups (broad SMARTS) is 1. The molecule has 8 amide bonds. The smallest absolute Gasteiger partial charge is 0.307 e. The molecule has 414 valence electrons. The molecule has 3 fully saturated rings. The molecule has 26 heteroatoms. The van der Waals surface area contributed by atoms with Crippen LogP contribution < -0.4 is 50.0 Å². The van der Waals surface area contributed by atoms with Gasteiger partial charge in [0, 0.05) is 45.6 Å². The summed E-state index contributed by atoms with van der Waals surface area (Å²) < 4.78 is 0. The largest absolute Gasteiger partial charge is 0.481 e. The van der Waals surface area contributed by atoms with Gasteiger partial charge >= 0.3 is 5.97 Å². The molecule has 0 aliphatic carbocycles. The number of carbonyl (C=O) groups is 9. The number of likely N-dealkylation sites (tertiary alicyclic amines) is 3. The maximum Gasteiger partial charge on any atom is 0.307 e. The Morgan fingerprint density at radius 2 is 1.21 bits per heavy atom. The van der Waals surface area contributed by atoms with Crippen LogP contribution in [-0.4, -0.2) is 177 Å². The Kier molecular flexibility index (Phi) is 22.7. The lowest BCUT2D eigenvalue weighted by atomic mass is 9.99. The monoisotopic (exact) mass is 1060 g/mol. The number of nitrogens with one attached hydrogen (secondary N) is 4. The predicted octanol–water partition coefficient (Wildman–Crippen LogP) is -3.13. The molecule has 2 aromatic carbocycles. The first kappa shape index (κ1) is 59.0. The fourth-order valence-corrected chi connectivity index (χ4v) is 9.53. The van der Waals surface area contributed by atoms with Crippen LogP contribution in [-0.2, 0) is 56.1 Å². The quantitative estimate of drug-likeness (QED) is 0.0192. The lowest BCUT2D eigenvalue weighted by Gasteiger charge is -2.32. The van der Waals surface area contributed by atoms with E-state index in [0.29, 0.717) is 69.2 Å². The zero-order valence-electron chi connectivity index (χ0n) is 42.6. The van der Waals surface area contributed by atoms with Crippen molar-refractivity contribution in [2.45, 2.75) is 120 Å². The van der Waals surface area contributed by atoms with Gasteiger partial charge in [0.15, 0.2) is 11.9 Å². The van der Waals surface area contributed by atoms with Gasteiger partial charge in [0.1, 0.15) is 30.2 Å². The molecule has 3 saturated heterocycles. The van der Waals surface area contributed by atoms with Crippen molar-refractivity contribution in [1.29, 1.82) is 0 Å². The summed E-state index contributed by atoms with van der Waals surface area (Å²) in [6.45, 7) is -0.553. The van der Waals surface area contributed by atoms with Crippen molar-refractivity contribution in [1.82, 2.24) is 41.1 Å². The Morgan fingerprint density at radius 3 is 1.79 bits per heavy atom. The van der Waals surface area contributed by atoms with Crippen LogP contribution in [0.5, 0.6) is 0 Å². The molecule has 0 saturated carbocycles. The second-order valence-electron chi connectivity index (χ2n) is 19.0. The van der Waals surface area contributed by atoms with Crippen LogP contribution in [0.4, 0.5) is 0 Å². The average Bonchev–Trinajstić information content (AvgIpc) is 4.22. The first-order valence-corrected chi connectivity index (χ1v) is 25.6. The van der Waals surface area contributed by atoms with E-state index in [1.54, 1.807) is 60.7 Å². The van der Waals surface area contributed by atoms with Crippen molar-refractivity contribution >= 4 is 65.1 Å². The molecule has 0 bridgehead atoms. The number of guanidine groups is 2. The highest BCUT2D eigenvalue weighted by Crippen LogP contribution is 2.26. The number of rotatable bonds is 26. The third-order valence-electron chi connectivity index (χ3n) is 13.4. The van der Waals surface area contributed by atoms with Crippen molar-refractivity contribution in [3.8, 4) is 0 Å². The molecule has 3 heterocycles. The van der Waals surface area contributed by atoms with E-state index in [0.717, 1.165) is 5.01 Å². The number of hydrazine groups is 1. The number of carbonyl (C=O) groups excluding carboxylic acids is 8. The molecule has 0 radical (unpaired) electrons. The molecule has 3 aliphatic rings. The molecule has 2 aromatic rings. The molecule has 7 atom stereocenters. The third kappa shape index (κ3) is 17.4. The number of aliphatic hydroxyl groups excluding tert-OH is 1. The van der Waals surface area contributed by atoms with Gasteiger partial charge in [-0.15, -0.1) is 0 Å². The minimum atomic E-state index is -1.59. The van der Waals surface area contributed by atoms with Crippen molar-refractivity contribution in [3.05, 3.63) is 71.8 Å². The van der Waals surface area contributed by atoms with Crippen LogP contribution in [0.2, 0.25) is 0 Å². The van der Waals surface area contributed by atoms with E-state index < -0.39 is 109 Å². The molecule has 1 unspecified atom stereocenters. The van der Waals surface area contributed by atoms with Gasteiger partial charge in [-0.3, -0.25) is 58.6 Å². The Labute approximate surface area is 440 Å². The fourth-order valence-electron chi connectivity index (χ4n) is 9.53. The van der Waals surface area contributed by atoms with Crippen LogP contribution in [0.3, 0.4) is 0 Å². The molecule has 0 spiro atoms. The van der Waals surface area contributed by atoms with E-state index in [4.69, 9.17) is 28.7 Å². The topological polar surface area (TPSA) is 410 Å². The lowest BCUT2D eigenvalue weighted by Crippen LogP contribution is -2.59. The molecular weight excluding hydrogens is 987 g/mol. The van der Waals surface area contributed by atoms with Gasteiger partial charge in [-0.05, 0) is 75.3 Å². The Hall–Kier alpha value is -7.87. The van der Waals surface area contributed by atoms with Crippen LogP contribution in [0.25, 0.3) is 0 Å². The number of aliphatic hydroxyl groups is 1. The van der Waals surface area contributed by atoms with Gasteiger partial charge in [0.05, 0.1) is 31.7 Å². The normalized spacial score (nSPS) is 18.6. The third-order valence-corrected chi connectivity index (χ3v) is 13.4. The highest BCUT2D eigenvalue weighted by Gasteiger charge is 2.44. The summed E-state index contributed by atoms with van der Waals surface area (Å²) in [7, 11) is 0. The molecule has 3 aliphatic heterocycles. The lowest BCUT2D eigenvalue weighted by molar-refractivity contribution is -0.151. The first-order valence-electron chi connectivity index (χ1n) is 25.6. The highest BCUT2D eigenvalue weighted by atomic mass is 16.4. The number of nitrogens with two attached hydrogens (primary N) is 5. The number of amides is 8. The summed E-state index contributed by atoms with van der Waals surface area (Å²) >= 11 is 0. The summed E-state index contributed by atoms with van der Waals surface area (Å²) in [6, 6.07) is 10.6. The van der Waals surface area contributed by atoms with E-state index in [9.17, 15) is 53.4 Å². The maximum atomic E-state index is 14.1. The molecule has 16 N–H and O–H groups in total. The number of hydrogen-bond acceptors (Lipinski definition) is 13. The van der Waals surface area contributed by atoms with E-state index >= 15 is 0 Å². The minimum absolute atomic E-state index is 0.0503. The summed E-state index contributed by atoms with van der Waals surface area (Å²) in [4.78, 5) is 134. The maximum absolute atomic E-state index is 14.1. The molecule has 5 rings (SSSR count). The Balaban J connectivity index is 1.21. The summed E-state index contributed by atoms with van der Waals surface area (Å²) in [6.07, 6.45) is 2.80. The standard InChI is InChI=1S/C50H73N15O11/c51-34(17-8-22-57-50(54)55)45(72)64-25-11-20-39(64)47(74)63-24-9-18-37(63)43(70)58-28-40(67)59-35(26-31-12-3-1-4-13-31)42(69)60-36(30-66)46(73)62-23-10-19-38(62)44(71)61-65(29-32-14-5-2-6-15-32)41(68)27-33(48(75)76)16-7-21-56-49(52)53/h1-6,12-15,33-39,66H,7-11,16-30,51H2,(H,58,70)(H,59,67)(H,60,69)(H,61,71)(H,75,76)(H4,52,53,56)(H4,54,55,57)/t33-,34+,35?,36-,37+,38+,39+/m0/s1. The molecule has 0 aromatic heterocycles. The summed E-state index contributed by atoms with van der Waals surface area (Å²) in [5.41, 5.74) is 31.5. The van der Waals surface area contributed by atoms with Gasteiger partial charge in [0.25, 0.3) is 5.91 Å². The first-order chi connectivity index (χ1) is 36.4. The Bertz CT molecular complexity index is 2400. The number of benzene rings is 2. The fraction of sp³-hybridized carbons (Fsp3) is 0.540. The van der Waals surface area contributed by atoms with E-state index in [1.165, 1.54) is 14.7 Å². The predicted molar refractivity (Wildman–Crippen MR) is 277 cm³/mol. The number of hydrogen-bond donors (Lipinski definition) is 11. The van der Waals surface area contributed by atoms with E-state index in [-0.39, 0.29) is 69.7 Å². The van der Waals surface area contributed by atoms with Crippen LogP contribution >= 0.6 is 0 Å². The highest BCUT2D eigenvalue weighted by molar-refractivity contribution is 5.97. The Morgan fingerprint density at radius 1 is 0.671 bits per heavy atom. The van der Waals surface area contributed by atoms with Crippen LogP contribution in [0.1, 0.15) is 81.8 Å². The molecule has 26 nitrogen and oxygen atoms in total. The second kappa shape index (κ2) is 29.3. The van der Waals surface area contributed by atoms with Crippen LogP contribution in [0, 0.1) is 5.92 Å². The minimum Gasteiger partial charge on any atom is -0.481 e. The molecule has 76 heavy (non-hydrogen) atoms. The number of aliphatic imine (C=N–C) groups is 2. The number of nitrogens with zero attached hydrogens (tertiary/aromatic N) is 6. The summed E-state index contributed by atoms with van der Waals surface area (Å²) in [5, 5.41) is 29.2.